The van der Waals surface area contributed by atoms with Gasteiger partial charge >= 0.3 is 0 Å². The average Bonchev–Trinajstić information content (AvgIpc) is 2.43. The van der Waals surface area contributed by atoms with Crippen molar-refractivity contribution in [3.63, 3.8) is 0 Å². The smallest absolute Gasteiger partial charge is 0.138 e. The molecule has 1 saturated heterocycles. The van der Waals surface area contributed by atoms with Crippen molar-refractivity contribution >= 4 is 16.7 Å². The number of nitrogens with zero attached hydrogens (tertiary/aromatic N) is 2. The molecule has 0 radical (unpaired) electrons. The van der Waals surface area contributed by atoms with Crippen LogP contribution in [0.5, 0.6) is 0 Å². The van der Waals surface area contributed by atoms with Gasteiger partial charge in [0.1, 0.15) is 5.78 Å². The first kappa shape index (κ1) is 12.3. The molecule has 1 aromatic carbocycles. The molecule has 1 atom stereocenters. The highest BCUT2D eigenvalue weighted by Gasteiger charge is 2.23. The van der Waals surface area contributed by atoms with E-state index in [0.29, 0.717) is 12.2 Å². The number of rotatable bonds is 2. The normalized spacial score (nSPS) is 20.9. The summed E-state index contributed by atoms with van der Waals surface area (Å²) in [6, 6.07) is 10.4. The van der Waals surface area contributed by atoms with Crippen molar-refractivity contribution in [3.05, 3.63) is 42.1 Å². The number of piperidine rings is 1. The molecule has 0 N–H and O–H groups in total. The van der Waals surface area contributed by atoms with E-state index >= 15 is 0 Å². The summed E-state index contributed by atoms with van der Waals surface area (Å²) >= 11 is 0. The second-order valence-corrected chi connectivity index (χ2v) is 5.34. The van der Waals surface area contributed by atoms with Crippen molar-refractivity contribution in [3.8, 4) is 0 Å². The lowest BCUT2D eigenvalue weighted by Gasteiger charge is -2.30. The van der Waals surface area contributed by atoms with Gasteiger partial charge in [0.25, 0.3) is 0 Å². The lowest BCUT2D eigenvalue weighted by Crippen LogP contribution is -2.39. The molecule has 2 aromatic rings. The second kappa shape index (κ2) is 5.10. The Labute approximate surface area is 113 Å². The molecule has 1 aromatic heterocycles. The van der Waals surface area contributed by atoms with Crippen molar-refractivity contribution in [1.82, 2.24) is 9.88 Å². The Kier molecular flexibility index (Phi) is 3.30. The SMILES string of the molecule is CC1CN(Cc2cccc3cccnc23)CCC1=O. The lowest BCUT2D eigenvalue weighted by molar-refractivity contribution is -0.125. The summed E-state index contributed by atoms with van der Waals surface area (Å²) in [6.45, 7) is 4.64. The predicted molar refractivity (Wildman–Crippen MR) is 75.8 cm³/mol. The van der Waals surface area contributed by atoms with E-state index in [2.05, 4.69) is 34.1 Å². The third-order valence-corrected chi connectivity index (χ3v) is 3.87. The van der Waals surface area contributed by atoms with E-state index in [-0.39, 0.29) is 5.92 Å². The zero-order valence-corrected chi connectivity index (χ0v) is 11.2. The Morgan fingerprint density at radius 2 is 2.16 bits per heavy atom. The number of fused-ring (bicyclic) bond motifs is 1. The molecule has 3 heteroatoms. The maximum Gasteiger partial charge on any atom is 0.138 e. The standard InChI is InChI=1S/C16H18N2O/c1-12-10-18(9-7-15(12)19)11-14-5-2-4-13-6-3-8-17-16(13)14/h2-6,8,12H,7,9-11H2,1H3. The van der Waals surface area contributed by atoms with Crippen molar-refractivity contribution in [2.45, 2.75) is 19.9 Å². The molecule has 19 heavy (non-hydrogen) atoms. The van der Waals surface area contributed by atoms with Crippen LogP contribution in [0.4, 0.5) is 0 Å². The lowest BCUT2D eigenvalue weighted by atomic mass is 9.98. The summed E-state index contributed by atoms with van der Waals surface area (Å²) in [5.74, 6) is 0.559. The van der Waals surface area contributed by atoms with Gasteiger partial charge in [0, 0.05) is 43.6 Å². The van der Waals surface area contributed by atoms with Crippen LogP contribution in [0, 0.1) is 5.92 Å². The van der Waals surface area contributed by atoms with Gasteiger partial charge in [-0.05, 0) is 11.6 Å². The van der Waals surface area contributed by atoms with Crippen molar-refractivity contribution in [2.75, 3.05) is 13.1 Å². The van der Waals surface area contributed by atoms with Gasteiger partial charge in [-0.25, -0.2) is 0 Å². The fourth-order valence-electron chi connectivity index (χ4n) is 2.77. The number of Topliss-reactive ketones (excluding diaryl/α,β-unsaturated/α-hetero) is 1. The highest BCUT2D eigenvalue weighted by molar-refractivity contribution is 5.82. The number of hydrogen-bond donors (Lipinski definition) is 0. The maximum absolute atomic E-state index is 11.6. The summed E-state index contributed by atoms with van der Waals surface area (Å²) in [5.41, 5.74) is 2.33. The number of benzene rings is 1. The van der Waals surface area contributed by atoms with Crippen LogP contribution in [-0.4, -0.2) is 28.8 Å². The number of carbonyl (C=O) groups excluding carboxylic acids is 1. The molecule has 0 saturated carbocycles. The Hall–Kier alpha value is -1.74. The molecule has 0 spiro atoms. The van der Waals surface area contributed by atoms with Gasteiger partial charge in [-0.1, -0.05) is 31.2 Å². The number of likely N-dealkylation sites (tertiary alicyclic amines) is 1. The molecule has 2 heterocycles. The van der Waals surface area contributed by atoms with E-state index in [9.17, 15) is 4.79 Å². The van der Waals surface area contributed by atoms with Crippen molar-refractivity contribution in [1.29, 1.82) is 0 Å². The summed E-state index contributed by atoms with van der Waals surface area (Å²) in [6.07, 6.45) is 2.52. The van der Waals surface area contributed by atoms with Gasteiger partial charge in [0.2, 0.25) is 0 Å². The molecule has 1 unspecified atom stereocenters. The largest absolute Gasteiger partial charge is 0.299 e. The van der Waals surface area contributed by atoms with Gasteiger partial charge in [-0.3, -0.25) is 14.7 Å². The minimum Gasteiger partial charge on any atom is -0.299 e. The molecule has 0 bridgehead atoms. The first-order valence-corrected chi connectivity index (χ1v) is 6.82. The first-order chi connectivity index (χ1) is 9.24. The van der Waals surface area contributed by atoms with E-state index in [1.165, 1.54) is 10.9 Å². The molecule has 1 aliphatic rings. The molecule has 1 fully saturated rings. The van der Waals surface area contributed by atoms with Crippen LogP contribution < -0.4 is 0 Å². The summed E-state index contributed by atoms with van der Waals surface area (Å²) in [4.78, 5) is 18.4. The first-order valence-electron chi connectivity index (χ1n) is 6.82. The fraction of sp³-hybridized carbons (Fsp3) is 0.375. The molecule has 0 aliphatic carbocycles. The van der Waals surface area contributed by atoms with Crippen molar-refractivity contribution < 1.29 is 4.79 Å². The van der Waals surface area contributed by atoms with Gasteiger partial charge < -0.3 is 0 Å². The summed E-state index contributed by atoms with van der Waals surface area (Å²) < 4.78 is 0. The number of aromatic nitrogens is 1. The topological polar surface area (TPSA) is 33.2 Å². The average molecular weight is 254 g/mol. The van der Waals surface area contributed by atoms with Crippen LogP contribution in [0.15, 0.2) is 36.5 Å². The summed E-state index contributed by atoms with van der Waals surface area (Å²) in [7, 11) is 0. The van der Waals surface area contributed by atoms with Gasteiger partial charge in [-0.2, -0.15) is 0 Å². The van der Waals surface area contributed by atoms with E-state index in [4.69, 9.17) is 0 Å². The monoisotopic (exact) mass is 254 g/mol. The Morgan fingerprint density at radius 3 is 3.00 bits per heavy atom. The van der Waals surface area contributed by atoms with Crippen LogP contribution in [0.1, 0.15) is 18.9 Å². The number of carbonyl (C=O) groups is 1. The Morgan fingerprint density at radius 1 is 1.32 bits per heavy atom. The molecular weight excluding hydrogens is 236 g/mol. The predicted octanol–water partition coefficient (Wildman–Crippen LogP) is 2.65. The molecule has 0 amide bonds. The molecular formula is C16H18N2O. The number of para-hydroxylation sites is 1. The zero-order chi connectivity index (χ0) is 13.2. The number of pyridine rings is 1. The zero-order valence-electron chi connectivity index (χ0n) is 11.2. The van der Waals surface area contributed by atoms with Crippen LogP contribution in [-0.2, 0) is 11.3 Å². The van der Waals surface area contributed by atoms with Crippen molar-refractivity contribution in [2.24, 2.45) is 5.92 Å². The van der Waals surface area contributed by atoms with E-state index < -0.39 is 0 Å². The van der Waals surface area contributed by atoms with Crippen LogP contribution in [0.25, 0.3) is 10.9 Å². The van der Waals surface area contributed by atoms with Gasteiger partial charge in [-0.15, -0.1) is 0 Å². The van der Waals surface area contributed by atoms with E-state index in [1.807, 2.05) is 19.2 Å². The van der Waals surface area contributed by atoms with E-state index in [0.717, 1.165) is 25.2 Å². The van der Waals surface area contributed by atoms with E-state index in [1.54, 1.807) is 0 Å². The quantitative estimate of drug-likeness (QED) is 0.826. The minimum absolute atomic E-state index is 0.164. The number of hydrogen-bond acceptors (Lipinski definition) is 3. The number of ketones is 1. The maximum atomic E-state index is 11.6. The molecule has 3 nitrogen and oxygen atoms in total. The van der Waals surface area contributed by atoms with Gasteiger partial charge in [0.15, 0.2) is 0 Å². The highest BCUT2D eigenvalue weighted by Crippen LogP contribution is 2.20. The highest BCUT2D eigenvalue weighted by atomic mass is 16.1. The molecule has 98 valence electrons. The van der Waals surface area contributed by atoms with Crippen LogP contribution in [0.2, 0.25) is 0 Å². The van der Waals surface area contributed by atoms with Crippen LogP contribution >= 0.6 is 0 Å². The second-order valence-electron chi connectivity index (χ2n) is 5.34. The summed E-state index contributed by atoms with van der Waals surface area (Å²) in [5, 5.41) is 1.18. The fourth-order valence-corrected chi connectivity index (χ4v) is 2.77. The minimum atomic E-state index is 0.164. The van der Waals surface area contributed by atoms with Crippen LogP contribution in [0.3, 0.4) is 0 Å². The Balaban J connectivity index is 1.84. The third-order valence-electron chi connectivity index (χ3n) is 3.87. The Bertz CT molecular complexity index is 603. The molecule has 3 rings (SSSR count). The third kappa shape index (κ3) is 2.51. The van der Waals surface area contributed by atoms with Gasteiger partial charge in [0.05, 0.1) is 5.52 Å². The molecule has 1 aliphatic heterocycles.